The number of aryl methyl sites for hydroxylation is 2. The maximum absolute atomic E-state index is 12.5. The van der Waals surface area contributed by atoms with Gasteiger partial charge in [0.25, 0.3) is 5.56 Å². The second-order valence-electron chi connectivity index (χ2n) is 6.53. The largest absolute Gasteiger partial charge is 0.300 e. The lowest BCUT2D eigenvalue weighted by Crippen LogP contribution is -2.29. The van der Waals surface area contributed by atoms with Crippen molar-refractivity contribution in [2.45, 2.75) is 20.4 Å². The number of carbonyl (C=O) groups is 1. The van der Waals surface area contributed by atoms with Crippen LogP contribution >= 0.6 is 11.3 Å². The van der Waals surface area contributed by atoms with Crippen molar-refractivity contribution in [3.63, 3.8) is 0 Å². The van der Waals surface area contributed by atoms with Gasteiger partial charge < -0.3 is 5.32 Å². The molecule has 0 aliphatic carbocycles. The lowest BCUT2D eigenvalue weighted by molar-refractivity contribution is -0.117. The van der Waals surface area contributed by atoms with Crippen LogP contribution in [-0.4, -0.2) is 20.7 Å². The molecular weight excluding hydrogens is 372 g/mol. The zero-order chi connectivity index (χ0) is 19.7. The second-order valence-corrected chi connectivity index (χ2v) is 7.74. The van der Waals surface area contributed by atoms with E-state index in [2.05, 4.69) is 15.4 Å². The Labute approximate surface area is 165 Å². The van der Waals surface area contributed by atoms with E-state index in [0.29, 0.717) is 10.5 Å². The molecule has 140 valence electrons. The third-order valence-electron chi connectivity index (χ3n) is 4.42. The Morgan fingerprint density at radius 1 is 1.11 bits per heavy atom. The van der Waals surface area contributed by atoms with Crippen LogP contribution in [0, 0.1) is 13.8 Å². The van der Waals surface area contributed by atoms with Gasteiger partial charge in [0.05, 0.1) is 17.3 Å². The zero-order valence-corrected chi connectivity index (χ0v) is 16.3. The molecule has 2 aromatic heterocycles. The number of rotatable bonds is 4. The van der Waals surface area contributed by atoms with Gasteiger partial charge in [-0.05, 0) is 19.9 Å². The Morgan fingerprint density at radius 3 is 2.64 bits per heavy atom. The van der Waals surface area contributed by atoms with Gasteiger partial charge in [-0.3, -0.25) is 9.59 Å². The molecule has 4 aromatic rings. The summed E-state index contributed by atoms with van der Waals surface area (Å²) in [5.41, 5.74) is 2.75. The van der Waals surface area contributed by atoms with Crippen molar-refractivity contribution in [2.24, 2.45) is 0 Å². The number of nitrogens with one attached hydrogen (secondary N) is 1. The Hall–Kier alpha value is -3.32. The highest BCUT2D eigenvalue weighted by Gasteiger charge is 2.14. The summed E-state index contributed by atoms with van der Waals surface area (Å²) in [4.78, 5) is 30.5. The summed E-state index contributed by atoms with van der Waals surface area (Å²) < 4.78 is 1.17. The standard InChI is InChI=1S/C21H18N4O2S/c1-13-7-9-15(10-8-13)19-14(2)28-21(24-19)23-18(26)12-25-20(27)17-6-4-3-5-16(17)11-22-25/h3-11H,12H2,1-2H3,(H,23,24,26). The molecule has 1 amide bonds. The van der Waals surface area contributed by atoms with Crippen LogP contribution in [-0.2, 0) is 11.3 Å². The van der Waals surface area contributed by atoms with Crippen LogP contribution in [0.15, 0.2) is 59.5 Å². The number of fused-ring (bicyclic) bond motifs is 1. The van der Waals surface area contributed by atoms with E-state index in [-0.39, 0.29) is 18.0 Å². The van der Waals surface area contributed by atoms with Crippen LogP contribution in [0.1, 0.15) is 10.4 Å². The first-order chi connectivity index (χ1) is 13.5. The molecule has 0 unspecified atom stereocenters. The van der Waals surface area contributed by atoms with E-state index in [1.807, 2.05) is 50.2 Å². The predicted octanol–water partition coefficient (Wildman–Crippen LogP) is 3.78. The van der Waals surface area contributed by atoms with Crippen molar-refractivity contribution in [1.82, 2.24) is 14.8 Å². The van der Waals surface area contributed by atoms with Crippen molar-refractivity contribution >= 4 is 33.1 Å². The number of aromatic nitrogens is 3. The van der Waals surface area contributed by atoms with Crippen molar-refractivity contribution in [1.29, 1.82) is 0 Å². The average molecular weight is 390 g/mol. The fourth-order valence-corrected chi connectivity index (χ4v) is 3.82. The van der Waals surface area contributed by atoms with E-state index in [9.17, 15) is 9.59 Å². The molecular formula is C21H18N4O2S. The quantitative estimate of drug-likeness (QED) is 0.575. The summed E-state index contributed by atoms with van der Waals surface area (Å²) in [5.74, 6) is -0.339. The van der Waals surface area contributed by atoms with E-state index in [4.69, 9.17) is 0 Å². The topological polar surface area (TPSA) is 76.9 Å². The fraction of sp³-hybridized carbons (Fsp3) is 0.143. The molecule has 2 aromatic carbocycles. The predicted molar refractivity (Wildman–Crippen MR) is 112 cm³/mol. The molecule has 0 bridgehead atoms. The first-order valence-electron chi connectivity index (χ1n) is 8.80. The van der Waals surface area contributed by atoms with Crippen molar-refractivity contribution in [3.8, 4) is 11.3 Å². The summed E-state index contributed by atoms with van der Waals surface area (Å²) in [6, 6.07) is 15.3. The number of amides is 1. The SMILES string of the molecule is Cc1ccc(-c2nc(NC(=O)Cn3ncc4ccccc4c3=O)sc2C)cc1. The van der Waals surface area contributed by atoms with E-state index in [1.54, 1.807) is 18.3 Å². The van der Waals surface area contributed by atoms with Crippen LogP contribution in [0.5, 0.6) is 0 Å². The minimum Gasteiger partial charge on any atom is -0.300 e. The van der Waals surface area contributed by atoms with E-state index in [0.717, 1.165) is 21.5 Å². The van der Waals surface area contributed by atoms with Gasteiger partial charge in [0.15, 0.2) is 5.13 Å². The third kappa shape index (κ3) is 3.57. The molecule has 0 fully saturated rings. The highest BCUT2D eigenvalue weighted by atomic mass is 32.1. The number of hydrogen-bond acceptors (Lipinski definition) is 5. The number of thiazole rings is 1. The van der Waals surface area contributed by atoms with E-state index < -0.39 is 0 Å². The lowest BCUT2D eigenvalue weighted by Gasteiger charge is -2.05. The second kappa shape index (κ2) is 7.36. The maximum atomic E-state index is 12.5. The van der Waals surface area contributed by atoms with Crippen molar-refractivity contribution in [3.05, 3.63) is 75.5 Å². The first-order valence-corrected chi connectivity index (χ1v) is 9.62. The number of hydrogen-bond donors (Lipinski definition) is 1. The van der Waals surface area contributed by atoms with Crippen LogP contribution in [0.2, 0.25) is 0 Å². The first kappa shape index (κ1) is 18.1. The van der Waals surface area contributed by atoms with E-state index in [1.165, 1.54) is 21.6 Å². The Kier molecular flexibility index (Phi) is 4.75. The molecule has 1 N–H and O–H groups in total. The van der Waals surface area contributed by atoms with Crippen LogP contribution < -0.4 is 10.9 Å². The number of anilines is 1. The average Bonchev–Trinajstić information content (AvgIpc) is 3.05. The summed E-state index contributed by atoms with van der Waals surface area (Å²) in [6.45, 7) is 3.84. The molecule has 0 atom stereocenters. The molecule has 0 spiro atoms. The van der Waals surface area contributed by atoms with Gasteiger partial charge in [0, 0.05) is 15.8 Å². The monoisotopic (exact) mass is 390 g/mol. The summed E-state index contributed by atoms with van der Waals surface area (Å²) >= 11 is 1.41. The molecule has 0 aliphatic rings. The van der Waals surface area contributed by atoms with Crippen LogP contribution in [0.4, 0.5) is 5.13 Å². The Balaban J connectivity index is 1.53. The van der Waals surface area contributed by atoms with Gasteiger partial charge in [-0.25, -0.2) is 9.67 Å². The highest BCUT2D eigenvalue weighted by molar-refractivity contribution is 7.16. The Morgan fingerprint density at radius 2 is 1.86 bits per heavy atom. The maximum Gasteiger partial charge on any atom is 0.275 e. The molecule has 28 heavy (non-hydrogen) atoms. The number of carbonyl (C=O) groups excluding carboxylic acids is 1. The van der Waals surface area contributed by atoms with Gasteiger partial charge in [0.1, 0.15) is 6.54 Å². The van der Waals surface area contributed by atoms with Gasteiger partial charge in [-0.1, -0.05) is 48.0 Å². The molecule has 2 heterocycles. The van der Waals surface area contributed by atoms with Gasteiger partial charge in [0.2, 0.25) is 5.91 Å². The fourth-order valence-electron chi connectivity index (χ4n) is 2.96. The molecule has 7 heteroatoms. The minimum atomic E-state index is -0.339. The summed E-state index contributed by atoms with van der Waals surface area (Å²) in [7, 11) is 0. The summed E-state index contributed by atoms with van der Waals surface area (Å²) in [5, 5.41) is 8.67. The van der Waals surface area contributed by atoms with E-state index >= 15 is 0 Å². The van der Waals surface area contributed by atoms with Gasteiger partial charge >= 0.3 is 0 Å². The zero-order valence-electron chi connectivity index (χ0n) is 15.5. The molecule has 6 nitrogen and oxygen atoms in total. The number of nitrogens with zero attached hydrogens (tertiary/aromatic N) is 3. The molecule has 4 rings (SSSR count). The van der Waals surface area contributed by atoms with Gasteiger partial charge in [-0.15, -0.1) is 11.3 Å². The number of benzene rings is 2. The molecule has 0 radical (unpaired) electrons. The highest BCUT2D eigenvalue weighted by Crippen LogP contribution is 2.30. The third-order valence-corrected chi connectivity index (χ3v) is 5.31. The van der Waals surface area contributed by atoms with Gasteiger partial charge in [-0.2, -0.15) is 5.10 Å². The van der Waals surface area contributed by atoms with Crippen molar-refractivity contribution in [2.75, 3.05) is 5.32 Å². The van der Waals surface area contributed by atoms with Crippen LogP contribution in [0.3, 0.4) is 0 Å². The summed E-state index contributed by atoms with van der Waals surface area (Å²) in [6.07, 6.45) is 1.59. The molecule has 0 aliphatic heterocycles. The van der Waals surface area contributed by atoms with Crippen molar-refractivity contribution < 1.29 is 4.79 Å². The smallest absolute Gasteiger partial charge is 0.275 e. The Bertz CT molecular complexity index is 1230. The molecule has 0 saturated heterocycles. The normalized spacial score (nSPS) is 10.9. The molecule has 0 saturated carbocycles. The minimum absolute atomic E-state index is 0.165. The van der Waals surface area contributed by atoms with Crippen LogP contribution in [0.25, 0.3) is 22.0 Å². The lowest BCUT2D eigenvalue weighted by atomic mass is 10.1.